The van der Waals surface area contributed by atoms with Crippen LogP contribution in [0.4, 0.5) is 4.39 Å². The van der Waals surface area contributed by atoms with Crippen molar-refractivity contribution < 1.29 is 24.2 Å². The van der Waals surface area contributed by atoms with Crippen molar-refractivity contribution in [2.24, 2.45) is 0 Å². The molecule has 0 saturated heterocycles. The first-order valence-electron chi connectivity index (χ1n) is 4.24. The van der Waals surface area contributed by atoms with Gasteiger partial charge in [0.1, 0.15) is 5.82 Å². The maximum atomic E-state index is 13.2. The van der Waals surface area contributed by atoms with Crippen LogP contribution in [0.2, 0.25) is 0 Å². The molecule has 0 fully saturated rings. The number of rotatable bonds is 4. The lowest BCUT2D eigenvalue weighted by Gasteiger charge is -2.02. The van der Waals surface area contributed by atoms with Crippen LogP contribution in [0.1, 0.15) is 22.3 Å². The molecule has 0 aromatic heterocycles. The molecule has 1 rings (SSSR count). The van der Waals surface area contributed by atoms with Crippen molar-refractivity contribution >= 4 is 11.9 Å². The van der Waals surface area contributed by atoms with E-state index in [1.54, 1.807) is 0 Å². The van der Waals surface area contributed by atoms with Gasteiger partial charge in [-0.05, 0) is 24.1 Å². The molecule has 0 saturated carbocycles. The predicted octanol–water partition coefficient (Wildman–Crippen LogP) is 1.54. The SMILES string of the molecule is O=C(O)CCc1ccc(C(=O)O)cc1F. The highest BCUT2D eigenvalue weighted by atomic mass is 19.1. The van der Waals surface area contributed by atoms with Crippen LogP contribution in [-0.4, -0.2) is 22.2 Å². The highest BCUT2D eigenvalue weighted by molar-refractivity contribution is 5.87. The quantitative estimate of drug-likeness (QED) is 0.793. The van der Waals surface area contributed by atoms with Crippen LogP contribution >= 0.6 is 0 Å². The van der Waals surface area contributed by atoms with Crippen LogP contribution in [0.5, 0.6) is 0 Å². The van der Waals surface area contributed by atoms with Gasteiger partial charge in [-0.3, -0.25) is 4.79 Å². The minimum Gasteiger partial charge on any atom is -0.481 e. The molecule has 1 aromatic rings. The molecule has 80 valence electrons. The molecule has 0 spiro atoms. The van der Waals surface area contributed by atoms with Gasteiger partial charge < -0.3 is 10.2 Å². The molecule has 0 atom stereocenters. The van der Waals surface area contributed by atoms with Crippen molar-refractivity contribution in [2.75, 3.05) is 0 Å². The second kappa shape index (κ2) is 4.54. The number of hydrogen-bond donors (Lipinski definition) is 2. The average Bonchev–Trinajstić information content (AvgIpc) is 2.15. The van der Waals surface area contributed by atoms with E-state index in [0.29, 0.717) is 0 Å². The van der Waals surface area contributed by atoms with E-state index in [1.807, 2.05) is 0 Å². The minimum absolute atomic E-state index is 0.0566. The van der Waals surface area contributed by atoms with Gasteiger partial charge >= 0.3 is 11.9 Å². The van der Waals surface area contributed by atoms with Crippen LogP contribution in [-0.2, 0) is 11.2 Å². The molecule has 0 aliphatic rings. The Morgan fingerprint density at radius 3 is 2.40 bits per heavy atom. The fourth-order valence-electron chi connectivity index (χ4n) is 1.12. The first-order chi connectivity index (χ1) is 7.00. The van der Waals surface area contributed by atoms with E-state index in [1.165, 1.54) is 12.1 Å². The Morgan fingerprint density at radius 1 is 1.27 bits per heavy atom. The zero-order chi connectivity index (χ0) is 11.4. The summed E-state index contributed by atoms with van der Waals surface area (Å²) in [5.74, 6) is -2.91. The fourth-order valence-corrected chi connectivity index (χ4v) is 1.12. The van der Waals surface area contributed by atoms with E-state index < -0.39 is 17.8 Å². The Bertz CT molecular complexity index is 400. The summed E-state index contributed by atoms with van der Waals surface area (Å²) in [7, 11) is 0. The Kier molecular flexibility index (Phi) is 3.38. The zero-order valence-corrected chi connectivity index (χ0v) is 7.74. The Hall–Kier alpha value is -1.91. The van der Waals surface area contributed by atoms with Crippen molar-refractivity contribution in [2.45, 2.75) is 12.8 Å². The summed E-state index contributed by atoms with van der Waals surface area (Å²) in [5.41, 5.74) is 0.0639. The van der Waals surface area contributed by atoms with Crippen molar-refractivity contribution in [1.82, 2.24) is 0 Å². The predicted molar refractivity (Wildman–Crippen MR) is 49.3 cm³/mol. The van der Waals surface area contributed by atoms with Crippen LogP contribution < -0.4 is 0 Å². The molecule has 15 heavy (non-hydrogen) atoms. The van der Waals surface area contributed by atoms with E-state index in [9.17, 15) is 14.0 Å². The van der Waals surface area contributed by atoms with Crippen molar-refractivity contribution in [3.05, 3.63) is 35.1 Å². The van der Waals surface area contributed by atoms with Crippen LogP contribution in [0.25, 0.3) is 0 Å². The number of aliphatic carboxylic acids is 1. The van der Waals surface area contributed by atoms with E-state index in [2.05, 4.69) is 0 Å². The Morgan fingerprint density at radius 2 is 1.93 bits per heavy atom. The van der Waals surface area contributed by atoms with Crippen molar-refractivity contribution in [1.29, 1.82) is 0 Å². The third-order valence-corrected chi connectivity index (χ3v) is 1.91. The van der Waals surface area contributed by atoms with Gasteiger partial charge in [-0.1, -0.05) is 6.07 Å². The van der Waals surface area contributed by atoms with E-state index >= 15 is 0 Å². The number of hydrogen-bond acceptors (Lipinski definition) is 2. The number of halogens is 1. The normalized spacial score (nSPS) is 9.93. The molecule has 0 bridgehead atoms. The van der Waals surface area contributed by atoms with Crippen LogP contribution in [0.3, 0.4) is 0 Å². The maximum Gasteiger partial charge on any atom is 0.335 e. The fraction of sp³-hybridized carbons (Fsp3) is 0.200. The second-order valence-corrected chi connectivity index (χ2v) is 3.01. The summed E-state index contributed by atoms with van der Waals surface area (Å²) in [6.07, 6.45) is -0.121. The summed E-state index contributed by atoms with van der Waals surface area (Å²) in [6, 6.07) is 3.43. The van der Waals surface area contributed by atoms with E-state index in [-0.39, 0.29) is 24.0 Å². The van der Waals surface area contributed by atoms with Gasteiger partial charge in [-0.25, -0.2) is 9.18 Å². The number of benzene rings is 1. The van der Waals surface area contributed by atoms with Gasteiger partial charge in [0.2, 0.25) is 0 Å². The van der Waals surface area contributed by atoms with Gasteiger partial charge in [0, 0.05) is 6.42 Å². The third-order valence-electron chi connectivity index (χ3n) is 1.91. The summed E-state index contributed by atoms with van der Waals surface area (Å²) in [6.45, 7) is 0. The standard InChI is InChI=1S/C10H9FO4/c11-8-5-7(10(14)15)2-1-6(8)3-4-9(12)13/h1-2,5H,3-4H2,(H,12,13)(H,14,15). The number of carboxylic acids is 2. The topological polar surface area (TPSA) is 74.6 Å². The molecule has 0 amide bonds. The largest absolute Gasteiger partial charge is 0.481 e. The number of carboxylic acid groups (broad SMARTS) is 2. The van der Waals surface area contributed by atoms with Crippen LogP contribution in [0.15, 0.2) is 18.2 Å². The molecule has 0 heterocycles. The molecule has 4 nitrogen and oxygen atoms in total. The van der Waals surface area contributed by atoms with Crippen molar-refractivity contribution in [3.8, 4) is 0 Å². The van der Waals surface area contributed by atoms with Gasteiger partial charge in [0.05, 0.1) is 5.56 Å². The molecule has 0 aliphatic heterocycles. The molecule has 1 aromatic carbocycles. The lowest BCUT2D eigenvalue weighted by Crippen LogP contribution is -2.02. The highest BCUT2D eigenvalue weighted by Crippen LogP contribution is 2.12. The summed E-state index contributed by atoms with van der Waals surface area (Å²) < 4.78 is 13.2. The van der Waals surface area contributed by atoms with Crippen LogP contribution in [0, 0.1) is 5.82 Å². The average molecular weight is 212 g/mol. The second-order valence-electron chi connectivity index (χ2n) is 3.01. The van der Waals surface area contributed by atoms with Gasteiger partial charge in [-0.15, -0.1) is 0 Å². The molecular formula is C10H9FO4. The smallest absolute Gasteiger partial charge is 0.335 e. The molecule has 2 N–H and O–H groups in total. The van der Waals surface area contributed by atoms with Gasteiger partial charge in [0.15, 0.2) is 0 Å². The molecule has 0 radical (unpaired) electrons. The molecule has 0 unspecified atom stereocenters. The van der Waals surface area contributed by atoms with Gasteiger partial charge in [-0.2, -0.15) is 0 Å². The third kappa shape index (κ3) is 3.05. The lowest BCUT2D eigenvalue weighted by atomic mass is 10.1. The lowest BCUT2D eigenvalue weighted by molar-refractivity contribution is -0.136. The maximum absolute atomic E-state index is 13.2. The number of aryl methyl sites for hydroxylation is 1. The summed E-state index contributed by atoms with van der Waals surface area (Å²) >= 11 is 0. The Labute approximate surface area is 85.0 Å². The molecule has 0 aliphatic carbocycles. The van der Waals surface area contributed by atoms with Crippen molar-refractivity contribution in [3.63, 3.8) is 0 Å². The number of aromatic carboxylic acids is 1. The highest BCUT2D eigenvalue weighted by Gasteiger charge is 2.09. The van der Waals surface area contributed by atoms with E-state index in [4.69, 9.17) is 10.2 Å². The zero-order valence-electron chi connectivity index (χ0n) is 7.74. The van der Waals surface area contributed by atoms with E-state index in [0.717, 1.165) is 6.07 Å². The summed E-state index contributed by atoms with van der Waals surface area (Å²) in [4.78, 5) is 20.7. The summed E-state index contributed by atoms with van der Waals surface area (Å²) in [5, 5.41) is 16.9. The monoisotopic (exact) mass is 212 g/mol. The number of carbonyl (C=O) groups is 2. The first kappa shape index (κ1) is 11.2. The minimum atomic E-state index is -1.21. The Balaban J connectivity index is 2.83. The molecule has 5 heteroatoms. The molecular weight excluding hydrogens is 203 g/mol. The van der Waals surface area contributed by atoms with Gasteiger partial charge in [0.25, 0.3) is 0 Å². The first-order valence-corrected chi connectivity index (χ1v) is 4.24.